The molecule has 0 aromatic carbocycles. The highest BCUT2D eigenvalue weighted by molar-refractivity contribution is 4.72. The predicted molar refractivity (Wildman–Crippen MR) is 67.0 cm³/mol. The van der Waals surface area contributed by atoms with Crippen molar-refractivity contribution in [1.29, 1.82) is 0 Å². The first-order chi connectivity index (χ1) is 7.26. The Labute approximate surface area is 95.2 Å². The maximum absolute atomic E-state index is 5.92. The maximum atomic E-state index is 5.92. The van der Waals surface area contributed by atoms with E-state index in [1.807, 2.05) is 0 Å². The molecule has 0 amide bonds. The van der Waals surface area contributed by atoms with Crippen LogP contribution in [0.4, 0.5) is 0 Å². The monoisotopic (exact) mass is 212 g/mol. The number of nitrogens with two attached hydrogens (primary N) is 1. The first kappa shape index (κ1) is 13.0. The lowest BCUT2D eigenvalue weighted by Gasteiger charge is -2.32. The number of likely N-dealkylation sites (tertiary alicyclic amines) is 1. The van der Waals surface area contributed by atoms with Gasteiger partial charge in [0.25, 0.3) is 0 Å². The first-order valence-electron chi connectivity index (χ1n) is 6.74. The summed E-state index contributed by atoms with van der Waals surface area (Å²) in [6.45, 7) is 8.42. The SMILES string of the molecule is CCC(N)CCCN1CCCC(CC)C1. The van der Waals surface area contributed by atoms with Crippen LogP contribution in [0.15, 0.2) is 0 Å². The lowest BCUT2D eigenvalue weighted by atomic mass is 9.95. The van der Waals surface area contributed by atoms with E-state index in [9.17, 15) is 0 Å². The van der Waals surface area contributed by atoms with Crippen LogP contribution in [0.2, 0.25) is 0 Å². The highest BCUT2D eigenvalue weighted by Crippen LogP contribution is 2.19. The van der Waals surface area contributed by atoms with E-state index >= 15 is 0 Å². The van der Waals surface area contributed by atoms with Gasteiger partial charge in [-0.05, 0) is 51.1 Å². The zero-order valence-corrected chi connectivity index (χ0v) is 10.5. The summed E-state index contributed by atoms with van der Waals surface area (Å²) in [5.41, 5.74) is 5.92. The van der Waals surface area contributed by atoms with Crippen LogP contribution in [0.1, 0.15) is 52.4 Å². The van der Waals surface area contributed by atoms with Crippen molar-refractivity contribution in [2.24, 2.45) is 11.7 Å². The zero-order valence-electron chi connectivity index (χ0n) is 10.5. The fourth-order valence-electron chi connectivity index (χ4n) is 2.47. The van der Waals surface area contributed by atoms with Gasteiger partial charge in [-0.15, -0.1) is 0 Å². The molecule has 0 aliphatic carbocycles. The molecule has 15 heavy (non-hydrogen) atoms. The topological polar surface area (TPSA) is 29.3 Å². The van der Waals surface area contributed by atoms with Crippen LogP contribution in [0.5, 0.6) is 0 Å². The van der Waals surface area contributed by atoms with Crippen LogP contribution in [0.3, 0.4) is 0 Å². The summed E-state index contributed by atoms with van der Waals surface area (Å²) in [4.78, 5) is 2.64. The fourth-order valence-corrected chi connectivity index (χ4v) is 2.47. The molecule has 0 saturated carbocycles. The van der Waals surface area contributed by atoms with E-state index in [4.69, 9.17) is 5.73 Å². The molecule has 2 N–H and O–H groups in total. The quantitative estimate of drug-likeness (QED) is 0.733. The minimum absolute atomic E-state index is 0.428. The molecule has 0 spiro atoms. The minimum Gasteiger partial charge on any atom is -0.328 e. The molecule has 1 saturated heterocycles. The molecule has 1 rings (SSSR count). The van der Waals surface area contributed by atoms with E-state index in [0.29, 0.717) is 6.04 Å². The highest BCUT2D eigenvalue weighted by Gasteiger charge is 2.17. The smallest absolute Gasteiger partial charge is 0.00366 e. The molecule has 0 radical (unpaired) electrons. The van der Waals surface area contributed by atoms with Crippen LogP contribution < -0.4 is 5.73 Å². The molecule has 0 aromatic rings. The van der Waals surface area contributed by atoms with Crippen molar-refractivity contribution in [2.75, 3.05) is 19.6 Å². The summed E-state index contributed by atoms with van der Waals surface area (Å²) in [6, 6.07) is 0.428. The van der Waals surface area contributed by atoms with Crippen LogP contribution >= 0.6 is 0 Å². The van der Waals surface area contributed by atoms with Crippen LogP contribution in [-0.2, 0) is 0 Å². The van der Waals surface area contributed by atoms with Gasteiger partial charge >= 0.3 is 0 Å². The van der Waals surface area contributed by atoms with E-state index in [-0.39, 0.29) is 0 Å². The van der Waals surface area contributed by atoms with E-state index in [2.05, 4.69) is 18.7 Å². The second kappa shape index (κ2) is 7.24. The van der Waals surface area contributed by atoms with Crippen molar-refractivity contribution in [2.45, 2.75) is 58.4 Å². The van der Waals surface area contributed by atoms with E-state index in [0.717, 1.165) is 12.3 Å². The molecule has 2 unspecified atom stereocenters. The van der Waals surface area contributed by atoms with Gasteiger partial charge in [0.2, 0.25) is 0 Å². The van der Waals surface area contributed by atoms with Crippen LogP contribution in [0, 0.1) is 5.92 Å². The lowest BCUT2D eigenvalue weighted by molar-refractivity contribution is 0.168. The summed E-state index contributed by atoms with van der Waals surface area (Å²) < 4.78 is 0. The molecule has 2 heteroatoms. The first-order valence-corrected chi connectivity index (χ1v) is 6.74. The maximum Gasteiger partial charge on any atom is 0.00366 e. The summed E-state index contributed by atoms with van der Waals surface area (Å²) >= 11 is 0. The third-order valence-electron chi connectivity index (χ3n) is 3.75. The number of rotatable bonds is 6. The van der Waals surface area contributed by atoms with Gasteiger partial charge in [0, 0.05) is 12.6 Å². The largest absolute Gasteiger partial charge is 0.328 e. The molecule has 1 aliphatic rings. The van der Waals surface area contributed by atoms with E-state index in [1.54, 1.807) is 0 Å². The second-order valence-corrected chi connectivity index (χ2v) is 5.03. The number of nitrogens with zero attached hydrogens (tertiary/aromatic N) is 1. The average Bonchev–Trinajstić information content (AvgIpc) is 2.29. The van der Waals surface area contributed by atoms with Gasteiger partial charge in [0.15, 0.2) is 0 Å². The molecule has 2 nitrogen and oxygen atoms in total. The Bertz CT molecular complexity index is 159. The van der Waals surface area contributed by atoms with Gasteiger partial charge in [0.1, 0.15) is 0 Å². The Morgan fingerprint density at radius 2 is 2.20 bits per heavy atom. The summed E-state index contributed by atoms with van der Waals surface area (Å²) in [6.07, 6.45) is 7.80. The minimum atomic E-state index is 0.428. The van der Waals surface area contributed by atoms with E-state index in [1.165, 1.54) is 51.7 Å². The van der Waals surface area contributed by atoms with Gasteiger partial charge < -0.3 is 10.6 Å². The van der Waals surface area contributed by atoms with Crippen molar-refractivity contribution < 1.29 is 0 Å². The zero-order chi connectivity index (χ0) is 11.1. The Morgan fingerprint density at radius 1 is 1.40 bits per heavy atom. The van der Waals surface area contributed by atoms with Crippen LogP contribution in [-0.4, -0.2) is 30.6 Å². The lowest BCUT2D eigenvalue weighted by Crippen LogP contribution is -2.36. The number of hydrogen-bond donors (Lipinski definition) is 1. The van der Waals surface area contributed by atoms with Crippen molar-refractivity contribution in [3.05, 3.63) is 0 Å². The van der Waals surface area contributed by atoms with Gasteiger partial charge in [-0.2, -0.15) is 0 Å². The molecule has 90 valence electrons. The third kappa shape index (κ3) is 4.98. The Hall–Kier alpha value is -0.0800. The van der Waals surface area contributed by atoms with Crippen molar-refractivity contribution in [1.82, 2.24) is 4.90 Å². The molecule has 1 aliphatic heterocycles. The van der Waals surface area contributed by atoms with Gasteiger partial charge in [-0.3, -0.25) is 0 Å². The normalized spacial score (nSPS) is 25.4. The third-order valence-corrected chi connectivity index (χ3v) is 3.75. The number of hydrogen-bond acceptors (Lipinski definition) is 2. The molecular weight excluding hydrogens is 184 g/mol. The van der Waals surface area contributed by atoms with Gasteiger partial charge in [-0.25, -0.2) is 0 Å². The summed E-state index contributed by atoms with van der Waals surface area (Å²) in [5, 5.41) is 0. The van der Waals surface area contributed by atoms with Crippen molar-refractivity contribution in [3.63, 3.8) is 0 Å². The Balaban J connectivity index is 2.10. The second-order valence-electron chi connectivity index (χ2n) is 5.03. The van der Waals surface area contributed by atoms with Crippen molar-refractivity contribution >= 4 is 0 Å². The van der Waals surface area contributed by atoms with Gasteiger partial charge in [-0.1, -0.05) is 20.3 Å². The molecule has 0 bridgehead atoms. The molecule has 1 fully saturated rings. The molecule has 2 atom stereocenters. The Morgan fingerprint density at radius 3 is 2.87 bits per heavy atom. The predicted octanol–water partition coefficient (Wildman–Crippen LogP) is 2.63. The van der Waals surface area contributed by atoms with Crippen molar-refractivity contribution in [3.8, 4) is 0 Å². The molecule has 0 aromatic heterocycles. The highest BCUT2D eigenvalue weighted by atomic mass is 15.1. The Kier molecular flexibility index (Phi) is 6.26. The molecule has 1 heterocycles. The van der Waals surface area contributed by atoms with Gasteiger partial charge in [0.05, 0.1) is 0 Å². The standard InChI is InChI=1S/C13H28N2/c1-3-12-7-5-9-15(11-12)10-6-8-13(14)4-2/h12-13H,3-11,14H2,1-2H3. The fraction of sp³-hybridized carbons (Fsp3) is 1.00. The molecular formula is C13H28N2. The summed E-state index contributed by atoms with van der Waals surface area (Å²) in [7, 11) is 0. The number of piperidine rings is 1. The summed E-state index contributed by atoms with van der Waals surface area (Å²) in [5.74, 6) is 0.957. The van der Waals surface area contributed by atoms with Crippen LogP contribution in [0.25, 0.3) is 0 Å². The van der Waals surface area contributed by atoms with E-state index < -0.39 is 0 Å². The average molecular weight is 212 g/mol.